The van der Waals surface area contributed by atoms with Gasteiger partial charge in [-0.25, -0.2) is 13.4 Å². The van der Waals surface area contributed by atoms with Crippen LogP contribution in [-0.2, 0) is 14.8 Å². The van der Waals surface area contributed by atoms with Crippen LogP contribution in [0.25, 0.3) is 10.2 Å². The standard InChI is InChI=1S/C22H27ClN4O4S3/c1-25(2)11-5-12-26(22-24-16-8-7-15(31-3)14-18(16)32-22)21(28)17-6-4-13-27(17)34(29,30)20-10-9-19(23)33-20/h7-10,14,17H,4-6,11-13H2,1-3H3. The second-order valence-electron chi connectivity index (χ2n) is 8.31. The largest absolute Gasteiger partial charge is 0.497 e. The molecule has 4 rings (SSSR count). The first kappa shape index (κ1) is 25.3. The molecule has 0 radical (unpaired) electrons. The maximum atomic E-state index is 13.8. The van der Waals surface area contributed by atoms with Gasteiger partial charge in [0.1, 0.15) is 16.0 Å². The first-order valence-electron chi connectivity index (χ1n) is 10.9. The molecule has 1 atom stereocenters. The molecule has 0 spiro atoms. The van der Waals surface area contributed by atoms with E-state index in [0.29, 0.717) is 35.4 Å². The van der Waals surface area contributed by atoms with Crippen LogP contribution < -0.4 is 9.64 Å². The smallest absolute Gasteiger partial charge is 0.253 e. The number of hydrogen-bond donors (Lipinski definition) is 0. The number of methoxy groups -OCH3 is 1. The monoisotopic (exact) mass is 542 g/mol. The molecule has 12 heteroatoms. The molecule has 1 unspecified atom stereocenters. The lowest BCUT2D eigenvalue weighted by atomic mass is 10.2. The number of amides is 1. The van der Waals surface area contributed by atoms with Crippen molar-refractivity contribution in [2.75, 3.05) is 45.7 Å². The molecule has 0 N–H and O–H groups in total. The van der Waals surface area contributed by atoms with E-state index in [1.165, 1.54) is 21.7 Å². The number of anilines is 1. The molecule has 8 nitrogen and oxygen atoms in total. The van der Waals surface area contributed by atoms with E-state index in [2.05, 4.69) is 4.90 Å². The Hall–Kier alpha value is -1.76. The molecule has 1 amide bonds. The second-order valence-corrected chi connectivity index (χ2v) is 13.2. The van der Waals surface area contributed by atoms with Crippen molar-refractivity contribution in [2.24, 2.45) is 0 Å². The Labute approximate surface area is 212 Å². The van der Waals surface area contributed by atoms with Gasteiger partial charge in [0.2, 0.25) is 5.91 Å². The molecule has 0 bridgehead atoms. The molecule has 34 heavy (non-hydrogen) atoms. The van der Waals surface area contributed by atoms with Gasteiger partial charge in [-0.3, -0.25) is 9.69 Å². The molecule has 3 heterocycles. The molecule has 1 aromatic carbocycles. The molecule has 0 aliphatic carbocycles. The Morgan fingerprint density at radius 2 is 2.03 bits per heavy atom. The predicted molar refractivity (Wildman–Crippen MR) is 138 cm³/mol. The highest BCUT2D eigenvalue weighted by molar-refractivity contribution is 7.91. The van der Waals surface area contributed by atoms with Crippen molar-refractivity contribution in [3.8, 4) is 5.75 Å². The van der Waals surface area contributed by atoms with Crippen LogP contribution in [0, 0.1) is 0 Å². The minimum absolute atomic E-state index is 0.156. The van der Waals surface area contributed by atoms with Crippen molar-refractivity contribution in [1.29, 1.82) is 0 Å². The lowest BCUT2D eigenvalue weighted by Gasteiger charge is -2.28. The van der Waals surface area contributed by atoms with E-state index >= 15 is 0 Å². The number of fused-ring (bicyclic) bond motifs is 1. The number of aromatic nitrogens is 1. The first-order chi connectivity index (χ1) is 16.2. The molecule has 2 aromatic heterocycles. The summed E-state index contributed by atoms with van der Waals surface area (Å²) in [4.78, 5) is 22.2. The summed E-state index contributed by atoms with van der Waals surface area (Å²) in [6, 6.07) is 7.89. The van der Waals surface area contributed by atoms with E-state index in [1.54, 1.807) is 18.1 Å². The fourth-order valence-electron chi connectivity index (χ4n) is 3.99. The number of nitrogens with zero attached hydrogens (tertiary/aromatic N) is 4. The van der Waals surface area contributed by atoms with Crippen molar-refractivity contribution in [3.63, 3.8) is 0 Å². The number of ether oxygens (including phenoxy) is 1. The molecular weight excluding hydrogens is 516 g/mol. The number of carbonyl (C=O) groups excluding carboxylic acids is 1. The Bertz CT molecular complexity index is 1270. The molecule has 184 valence electrons. The zero-order valence-electron chi connectivity index (χ0n) is 19.2. The molecule has 1 aliphatic rings. The van der Waals surface area contributed by atoms with Gasteiger partial charge in [0.05, 0.1) is 21.7 Å². The summed E-state index contributed by atoms with van der Waals surface area (Å²) < 4.78 is 34.7. The average molecular weight is 543 g/mol. The molecular formula is C22H27ClN4O4S3. The van der Waals surface area contributed by atoms with Crippen LogP contribution in [0.1, 0.15) is 19.3 Å². The molecule has 3 aromatic rings. The number of sulfonamides is 1. The van der Waals surface area contributed by atoms with Crippen LogP contribution in [0.2, 0.25) is 4.34 Å². The summed E-state index contributed by atoms with van der Waals surface area (Å²) in [5.74, 6) is 0.476. The Morgan fingerprint density at radius 1 is 1.24 bits per heavy atom. The topological polar surface area (TPSA) is 83.1 Å². The second kappa shape index (κ2) is 10.5. The van der Waals surface area contributed by atoms with Crippen LogP contribution >= 0.6 is 34.3 Å². The molecule has 1 aliphatic heterocycles. The van der Waals surface area contributed by atoms with Gasteiger partial charge in [-0.15, -0.1) is 11.3 Å². The van der Waals surface area contributed by atoms with Gasteiger partial charge in [-0.2, -0.15) is 4.31 Å². The number of halogens is 1. The Kier molecular flexibility index (Phi) is 7.80. The third-order valence-electron chi connectivity index (χ3n) is 5.67. The normalized spacial score (nSPS) is 17.0. The van der Waals surface area contributed by atoms with Crippen LogP contribution in [-0.4, -0.2) is 75.4 Å². The minimum atomic E-state index is -3.82. The summed E-state index contributed by atoms with van der Waals surface area (Å²) >= 11 is 8.40. The quantitative estimate of drug-likeness (QED) is 0.404. The highest BCUT2D eigenvalue weighted by Crippen LogP contribution is 2.35. The van der Waals surface area contributed by atoms with Crippen molar-refractivity contribution in [1.82, 2.24) is 14.2 Å². The molecule has 1 saturated heterocycles. The van der Waals surface area contributed by atoms with Gasteiger partial charge < -0.3 is 9.64 Å². The Morgan fingerprint density at radius 3 is 2.71 bits per heavy atom. The van der Waals surface area contributed by atoms with Crippen LogP contribution in [0.5, 0.6) is 5.75 Å². The van der Waals surface area contributed by atoms with Crippen LogP contribution in [0.15, 0.2) is 34.5 Å². The number of hydrogen-bond acceptors (Lipinski definition) is 8. The van der Waals surface area contributed by atoms with Gasteiger partial charge in [-0.1, -0.05) is 22.9 Å². The third-order valence-corrected chi connectivity index (χ3v) is 10.3. The summed E-state index contributed by atoms with van der Waals surface area (Å²) in [7, 11) is 1.75. The summed E-state index contributed by atoms with van der Waals surface area (Å²) in [5.41, 5.74) is 0.773. The lowest BCUT2D eigenvalue weighted by Crippen LogP contribution is -2.48. The maximum absolute atomic E-state index is 13.8. The van der Waals surface area contributed by atoms with Crippen molar-refractivity contribution in [2.45, 2.75) is 29.5 Å². The van der Waals surface area contributed by atoms with E-state index in [4.69, 9.17) is 21.3 Å². The SMILES string of the molecule is COc1ccc2nc(N(CCCN(C)C)C(=O)C3CCCN3S(=O)(=O)c3ccc(Cl)s3)sc2c1. The predicted octanol–water partition coefficient (Wildman–Crippen LogP) is 4.16. The van der Waals surface area contributed by atoms with E-state index in [-0.39, 0.29) is 10.1 Å². The van der Waals surface area contributed by atoms with E-state index in [9.17, 15) is 13.2 Å². The zero-order chi connectivity index (χ0) is 24.5. The van der Waals surface area contributed by atoms with E-state index < -0.39 is 16.1 Å². The zero-order valence-corrected chi connectivity index (χ0v) is 22.4. The first-order valence-corrected chi connectivity index (χ1v) is 14.3. The number of rotatable bonds is 9. The molecule has 0 saturated carbocycles. The van der Waals surface area contributed by atoms with E-state index in [1.807, 2.05) is 32.3 Å². The van der Waals surface area contributed by atoms with Gasteiger partial charge in [-0.05, 0) is 70.2 Å². The summed E-state index contributed by atoms with van der Waals surface area (Å²) in [6.07, 6.45) is 1.83. The fourth-order valence-corrected chi connectivity index (χ4v) is 8.28. The van der Waals surface area contributed by atoms with E-state index in [0.717, 1.165) is 40.3 Å². The summed E-state index contributed by atoms with van der Waals surface area (Å²) in [5, 5.41) is 0.565. The highest BCUT2D eigenvalue weighted by atomic mass is 35.5. The number of benzene rings is 1. The van der Waals surface area contributed by atoms with Gasteiger partial charge >= 0.3 is 0 Å². The fraction of sp³-hybridized carbons (Fsp3) is 0.455. The number of thiazole rings is 1. The highest BCUT2D eigenvalue weighted by Gasteiger charge is 2.42. The average Bonchev–Trinajstić information content (AvgIpc) is 3.54. The minimum Gasteiger partial charge on any atom is -0.497 e. The van der Waals surface area contributed by atoms with Crippen molar-refractivity contribution in [3.05, 3.63) is 34.7 Å². The Balaban J connectivity index is 1.66. The lowest BCUT2D eigenvalue weighted by molar-refractivity contribution is -0.121. The number of carbonyl (C=O) groups is 1. The maximum Gasteiger partial charge on any atom is 0.253 e. The van der Waals surface area contributed by atoms with Crippen LogP contribution in [0.4, 0.5) is 5.13 Å². The van der Waals surface area contributed by atoms with Gasteiger partial charge in [0, 0.05) is 13.1 Å². The number of thiophene rings is 1. The molecule has 1 fully saturated rings. The van der Waals surface area contributed by atoms with Gasteiger partial charge in [0.15, 0.2) is 5.13 Å². The third kappa shape index (κ3) is 5.24. The van der Waals surface area contributed by atoms with Crippen molar-refractivity contribution >= 4 is 65.6 Å². The van der Waals surface area contributed by atoms with Crippen LogP contribution in [0.3, 0.4) is 0 Å². The summed E-state index contributed by atoms with van der Waals surface area (Å²) in [6.45, 7) is 1.54. The van der Waals surface area contributed by atoms with Gasteiger partial charge in [0.25, 0.3) is 10.0 Å². The van der Waals surface area contributed by atoms with Crippen molar-refractivity contribution < 1.29 is 17.9 Å².